The van der Waals surface area contributed by atoms with Gasteiger partial charge < -0.3 is 10.4 Å². The Balaban J connectivity index is 2.62. The Morgan fingerprint density at radius 1 is 1.53 bits per heavy atom. The van der Waals surface area contributed by atoms with E-state index in [2.05, 4.69) is 5.32 Å². The first kappa shape index (κ1) is 15.4. The summed E-state index contributed by atoms with van der Waals surface area (Å²) in [5.74, 6) is -1.30. The van der Waals surface area contributed by atoms with Gasteiger partial charge in [0.1, 0.15) is 6.54 Å². The van der Waals surface area contributed by atoms with Gasteiger partial charge in [0.2, 0.25) is 5.91 Å². The lowest BCUT2D eigenvalue weighted by Crippen LogP contribution is -2.42. The largest absolute Gasteiger partial charge is 0.481 e. The van der Waals surface area contributed by atoms with Gasteiger partial charge in [0.15, 0.2) is 0 Å². The van der Waals surface area contributed by atoms with Crippen LogP contribution >= 0.6 is 11.3 Å². The summed E-state index contributed by atoms with van der Waals surface area (Å²) < 4.78 is 1.37. The number of carbonyl (C=O) groups is 2. The van der Waals surface area contributed by atoms with Gasteiger partial charge in [0.05, 0.1) is 5.41 Å². The molecule has 1 unspecified atom stereocenters. The predicted molar refractivity (Wildman–Crippen MR) is 72.4 cm³/mol. The molecule has 0 bridgehead atoms. The van der Waals surface area contributed by atoms with Gasteiger partial charge in [-0.15, -0.1) is 0 Å². The molecule has 0 aromatic carbocycles. The Bertz CT molecular complexity index is 534. The van der Waals surface area contributed by atoms with E-state index in [0.29, 0.717) is 6.42 Å². The zero-order chi connectivity index (χ0) is 14.6. The van der Waals surface area contributed by atoms with Crippen LogP contribution in [0.1, 0.15) is 26.0 Å². The van der Waals surface area contributed by atoms with E-state index in [1.807, 2.05) is 0 Å². The molecule has 0 aliphatic heterocycles. The molecular formula is C12H18N2O4S. The average molecular weight is 286 g/mol. The number of carbonyl (C=O) groups excluding carboxylic acids is 1. The average Bonchev–Trinajstić information content (AvgIpc) is 2.67. The van der Waals surface area contributed by atoms with Gasteiger partial charge in [-0.2, -0.15) is 0 Å². The number of carboxylic acids is 1. The molecule has 0 saturated carbocycles. The highest BCUT2D eigenvalue weighted by Crippen LogP contribution is 2.19. The maximum atomic E-state index is 11.7. The third kappa shape index (κ3) is 3.66. The fraction of sp³-hybridized carbons (Fsp3) is 0.583. The van der Waals surface area contributed by atoms with Crippen LogP contribution in [-0.4, -0.2) is 28.1 Å². The van der Waals surface area contributed by atoms with Gasteiger partial charge in [-0.1, -0.05) is 18.3 Å². The molecule has 7 heteroatoms. The summed E-state index contributed by atoms with van der Waals surface area (Å²) >= 11 is 1.04. The Labute approximate surface area is 115 Å². The van der Waals surface area contributed by atoms with Crippen molar-refractivity contribution in [1.82, 2.24) is 9.88 Å². The Morgan fingerprint density at radius 2 is 2.16 bits per heavy atom. The molecule has 19 heavy (non-hydrogen) atoms. The monoisotopic (exact) mass is 286 g/mol. The summed E-state index contributed by atoms with van der Waals surface area (Å²) in [6.45, 7) is 5.06. The van der Waals surface area contributed by atoms with Crippen molar-refractivity contribution in [2.45, 2.75) is 33.7 Å². The quantitative estimate of drug-likeness (QED) is 0.811. The first-order valence-corrected chi connectivity index (χ1v) is 6.83. The van der Waals surface area contributed by atoms with Gasteiger partial charge in [-0.3, -0.25) is 19.0 Å². The number of amides is 1. The van der Waals surface area contributed by atoms with Crippen LogP contribution in [0.25, 0.3) is 0 Å². The molecule has 1 heterocycles. The van der Waals surface area contributed by atoms with Gasteiger partial charge >= 0.3 is 10.8 Å². The van der Waals surface area contributed by atoms with E-state index in [1.54, 1.807) is 26.2 Å². The second-order valence-corrected chi connectivity index (χ2v) is 5.55. The number of hydrogen-bond donors (Lipinski definition) is 2. The molecule has 0 radical (unpaired) electrons. The highest BCUT2D eigenvalue weighted by atomic mass is 32.1. The standard InChI is InChI=1S/C12H18N2O4S/c1-4-12(3,10(16)17)7-13-9(15)5-14-8(2)6-19-11(14)18/h6H,4-5,7H2,1-3H3,(H,13,15)(H,16,17). The zero-order valence-corrected chi connectivity index (χ0v) is 12.0. The number of aromatic nitrogens is 1. The van der Waals surface area contributed by atoms with Crippen LogP contribution < -0.4 is 10.2 Å². The molecular weight excluding hydrogens is 268 g/mol. The Morgan fingerprint density at radius 3 is 2.58 bits per heavy atom. The van der Waals surface area contributed by atoms with Crippen molar-refractivity contribution in [3.05, 3.63) is 20.7 Å². The summed E-state index contributed by atoms with van der Waals surface area (Å²) in [5, 5.41) is 13.3. The molecule has 6 nitrogen and oxygen atoms in total. The molecule has 0 aliphatic rings. The van der Waals surface area contributed by atoms with E-state index in [0.717, 1.165) is 17.0 Å². The summed E-state index contributed by atoms with van der Waals surface area (Å²) in [4.78, 5) is 34.1. The van der Waals surface area contributed by atoms with Crippen LogP contribution in [0.4, 0.5) is 0 Å². The van der Waals surface area contributed by atoms with E-state index in [1.165, 1.54) is 4.57 Å². The van der Waals surface area contributed by atoms with Crippen molar-refractivity contribution in [3.63, 3.8) is 0 Å². The zero-order valence-electron chi connectivity index (χ0n) is 11.2. The summed E-state index contributed by atoms with van der Waals surface area (Å²) in [6.07, 6.45) is 0.417. The number of aliphatic carboxylic acids is 1. The molecule has 1 atom stereocenters. The van der Waals surface area contributed by atoms with Crippen LogP contribution in [0.15, 0.2) is 10.2 Å². The lowest BCUT2D eigenvalue weighted by molar-refractivity contribution is -0.148. The lowest BCUT2D eigenvalue weighted by atomic mass is 9.88. The van der Waals surface area contributed by atoms with E-state index >= 15 is 0 Å². The number of nitrogens with one attached hydrogen (secondary N) is 1. The van der Waals surface area contributed by atoms with Crippen molar-refractivity contribution in [1.29, 1.82) is 0 Å². The summed E-state index contributed by atoms with van der Waals surface area (Å²) in [7, 11) is 0. The maximum Gasteiger partial charge on any atom is 0.311 e. The van der Waals surface area contributed by atoms with Crippen molar-refractivity contribution in [3.8, 4) is 0 Å². The number of carboxylic acid groups (broad SMARTS) is 1. The number of thiazole rings is 1. The van der Waals surface area contributed by atoms with Crippen LogP contribution in [-0.2, 0) is 16.1 Å². The predicted octanol–water partition coefficient (Wildman–Crippen LogP) is 0.835. The number of aryl methyl sites for hydroxylation is 1. The highest BCUT2D eigenvalue weighted by molar-refractivity contribution is 7.07. The van der Waals surface area contributed by atoms with Gasteiger partial charge in [-0.25, -0.2) is 0 Å². The minimum Gasteiger partial charge on any atom is -0.481 e. The van der Waals surface area contributed by atoms with E-state index in [9.17, 15) is 14.4 Å². The number of rotatable bonds is 6. The van der Waals surface area contributed by atoms with Gasteiger partial charge in [0.25, 0.3) is 0 Å². The first-order valence-electron chi connectivity index (χ1n) is 5.95. The Kier molecular flexibility index (Phi) is 4.88. The van der Waals surface area contributed by atoms with Crippen LogP contribution in [0, 0.1) is 12.3 Å². The fourth-order valence-electron chi connectivity index (χ4n) is 1.44. The van der Waals surface area contributed by atoms with Gasteiger partial charge in [0, 0.05) is 17.6 Å². The molecule has 1 aromatic rings. The maximum absolute atomic E-state index is 11.7. The summed E-state index contributed by atoms with van der Waals surface area (Å²) in [6, 6.07) is 0. The third-order valence-corrected chi connectivity index (χ3v) is 4.13. The molecule has 1 aromatic heterocycles. The van der Waals surface area contributed by atoms with Crippen LogP contribution in [0.3, 0.4) is 0 Å². The SMILES string of the molecule is CCC(C)(CNC(=O)Cn1c(C)csc1=O)C(=O)O. The Hall–Kier alpha value is -1.63. The molecule has 2 N–H and O–H groups in total. The highest BCUT2D eigenvalue weighted by Gasteiger charge is 2.31. The minimum absolute atomic E-state index is 0.0512. The minimum atomic E-state index is -0.982. The molecule has 0 aliphatic carbocycles. The molecule has 0 saturated heterocycles. The lowest BCUT2D eigenvalue weighted by Gasteiger charge is -2.23. The molecule has 1 amide bonds. The first-order chi connectivity index (χ1) is 8.80. The van der Waals surface area contributed by atoms with Crippen molar-refractivity contribution >= 4 is 23.2 Å². The molecule has 1 rings (SSSR count). The van der Waals surface area contributed by atoms with E-state index in [-0.39, 0.29) is 23.9 Å². The smallest absolute Gasteiger partial charge is 0.311 e. The molecule has 0 spiro atoms. The van der Waals surface area contributed by atoms with E-state index in [4.69, 9.17) is 5.11 Å². The van der Waals surface area contributed by atoms with Crippen molar-refractivity contribution < 1.29 is 14.7 Å². The molecule has 0 fully saturated rings. The van der Waals surface area contributed by atoms with Gasteiger partial charge in [-0.05, 0) is 20.3 Å². The molecule has 106 valence electrons. The second-order valence-electron chi connectivity index (χ2n) is 4.73. The van der Waals surface area contributed by atoms with Crippen molar-refractivity contribution in [2.75, 3.05) is 6.54 Å². The van der Waals surface area contributed by atoms with Crippen molar-refractivity contribution in [2.24, 2.45) is 5.41 Å². The number of nitrogens with zero attached hydrogens (tertiary/aromatic N) is 1. The topological polar surface area (TPSA) is 88.4 Å². The fourth-order valence-corrected chi connectivity index (χ4v) is 2.18. The summed E-state index contributed by atoms with van der Waals surface area (Å²) in [5.41, 5.74) is -0.258. The number of hydrogen-bond acceptors (Lipinski definition) is 4. The third-order valence-electron chi connectivity index (χ3n) is 3.25. The van der Waals surface area contributed by atoms with Crippen LogP contribution in [0.5, 0.6) is 0 Å². The van der Waals surface area contributed by atoms with E-state index < -0.39 is 11.4 Å². The van der Waals surface area contributed by atoms with Crippen LogP contribution in [0.2, 0.25) is 0 Å². The second kappa shape index (κ2) is 6.01. The normalized spacial score (nSPS) is 13.8.